The van der Waals surface area contributed by atoms with Crippen LogP contribution < -0.4 is 5.73 Å². The van der Waals surface area contributed by atoms with Gasteiger partial charge in [0.1, 0.15) is 4.90 Å². The summed E-state index contributed by atoms with van der Waals surface area (Å²) < 4.78 is 30.3. The summed E-state index contributed by atoms with van der Waals surface area (Å²) in [5.74, 6) is 0. The Bertz CT molecular complexity index is 535. The Hall–Kier alpha value is -0.860. The largest absolute Gasteiger partial charge is 0.398 e. The summed E-state index contributed by atoms with van der Waals surface area (Å²) >= 11 is 5.73. The number of anilines is 1. The normalized spacial score (nSPS) is 13.7. The Morgan fingerprint density at radius 3 is 2.68 bits per heavy atom. The van der Waals surface area contributed by atoms with Crippen molar-refractivity contribution in [3.05, 3.63) is 23.2 Å². The highest BCUT2D eigenvalue weighted by atomic mass is 35.5. The van der Waals surface area contributed by atoms with Crippen molar-refractivity contribution in [1.29, 1.82) is 0 Å². The van der Waals surface area contributed by atoms with Gasteiger partial charge in [-0.25, -0.2) is 8.42 Å². The minimum Gasteiger partial charge on any atom is -0.398 e. The van der Waals surface area contributed by atoms with E-state index in [4.69, 9.17) is 22.1 Å². The molecule has 0 heterocycles. The van der Waals surface area contributed by atoms with Gasteiger partial charge in [-0.2, -0.15) is 4.31 Å². The van der Waals surface area contributed by atoms with Gasteiger partial charge in [-0.3, -0.25) is 0 Å². The van der Waals surface area contributed by atoms with Gasteiger partial charge in [0.15, 0.2) is 0 Å². The first-order chi connectivity index (χ1) is 8.78. The number of nitrogen functional groups attached to an aromatic ring is 1. The maximum Gasteiger partial charge on any atom is 0.244 e. The molecule has 0 spiro atoms. The van der Waals surface area contributed by atoms with Crippen LogP contribution in [0.15, 0.2) is 23.1 Å². The molecule has 8 heteroatoms. The van der Waals surface area contributed by atoms with Crippen LogP contribution in [0.5, 0.6) is 0 Å². The quantitative estimate of drug-likeness (QED) is 0.749. The number of hydrogen-bond acceptors (Lipinski definition) is 5. The van der Waals surface area contributed by atoms with E-state index in [1.165, 1.54) is 32.4 Å². The van der Waals surface area contributed by atoms with Crippen molar-refractivity contribution in [2.24, 2.45) is 0 Å². The van der Waals surface area contributed by atoms with Crippen molar-refractivity contribution in [3.63, 3.8) is 0 Å². The van der Waals surface area contributed by atoms with E-state index in [0.717, 1.165) is 4.31 Å². The smallest absolute Gasteiger partial charge is 0.244 e. The van der Waals surface area contributed by atoms with Gasteiger partial charge in [-0.1, -0.05) is 11.6 Å². The first-order valence-corrected chi connectivity index (χ1v) is 7.29. The maximum atomic E-state index is 12.3. The van der Waals surface area contributed by atoms with Crippen molar-refractivity contribution < 1.29 is 18.3 Å². The van der Waals surface area contributed by atoms with Gasteiger partial charge in [-0.05, 0) is 18.2 Å². The number of hydrogen-bond donors (Lipinski definition) is 2. The zero-order valence-electron chi connectivity index (χ0n) is 10.7. The third kappa shape index (κ3) is 4.05. The van der Waals surface area contributed by atoms with E-state index in [0.29, 0.717) is 5.02 Å². The molecule has 0 saturated heterocycles. The van der Waals surface area contributed by atoms with E-state index in [2.05, 4.69) is 0 Å². The molecular formula is C11H17ClN2O4S. The zero-order valence-corrected chi connectivity index (χ0v) is 12.3. The molecule has 0 saturated carbocycles. The van der Waals surface area contributed by atoms with Crippen molar-refractivity contribution in [3.8, 4) is 0 Å². The molecule has 3 N–H and O–H groups in total. The lowest BCUT2D eigenvalue weighted by atomic mass is 10.3. The molecule has 0 aromatic heterocycles. The molecule has 108 valence electrons. The summed E-state index contributed by atoms with van der Waals surface area (Å²) in [6.45, 7) is -0.0335. The SMILES string of the molecule is COCC(O)CN(C)S(=O)(=O)c1ccc(Cl)cc1N. The fourth-order valence-electron chi connectivity index (χ4n) is 1.56. The summed E-state index contributed by atoms with van der Waals surface area (Å²) in [5.41, 5.74) is 5.73. The number of methoxy groups -OCH3 is 1. The van der Waals surface area contributed by atoms with Crippen LogP contribution >= 0.6 is 11.6 Å². The van der Waals surface area contributed by atoms with Crippen molar-refractivity contribution in [2.45, 2.75) is 11.0 Å². The Morgan fingerprint density at radius 2 is 2.16 bits per heavy atom. The fourth-order valence-corrected chi connectivity index (χ4v) is 3.04. The molecular weight excluding hydrogens is 292 g/mol. The molecule has 1 aromatic rings. The van der Waals surface area contributed by atoms with Crippen LogP contribution in [0.4, 0.5) is 5.69 Å². The van der Waals surface area contributed by atoms with Gasteiger partial charge < -0.3 is 15.6 Å². The van der Waals surface area contributed by atoms with Gasteiger partial charge >= 0.3 is 0 Å². The number of nitrogens with two attached hydrogens (primary N) is 1. The second kappa shape index (κ2) is 6.53. The monoisotopic (exact) mass is 308 g/mol. The Balaban J connectivity index is 2.97. The predicted octanol–water partition coefficient (Wildman–Crippen LogP) is 0.550. The van der Waals surface area contributed by atoms with Gasteiger partial charge in [0.2, 0.25) is 10.0 Å². The first-order valence-electron chi connectivity index (χ1n) is 5.47. The number of halogens is 1. The Kier molecular flexibility index (Phi) is 5.57. The topological polar surface area (TPSA) is 92.9 Å². The number of likely N-dealkylation sites (N-methyl/N-ethyl adjacent to an activating group) is 1. The fraction of sp³-hybridized carbons (Fsp3) is 0.455. The van der Waals surface area contributed by atoms with Crippen molar-refractivity contribution in [2.75, 3.05) is 33.0 Å². The first kappa shape index (κ1) is 16.2. The molecule has 19 heavy (non-hydrogen) atoms. The third-order valence-electron chi connectivity index (χ3n) is 2.49. The van der Waals surface area contributed by atoms with E-state index in [1.54, 1.807) is 0 Å². The number of aliphatic hydroxyl groups excluding tert-OH is 1. The standard InChI is InChI=1S/C11H17ClN2O4S/c1-14(6-9(15)7-18-2)19(16,17)11-4-3-8(12)5-10(11)13/h3-5,9,15H,6-7,13H2,1-2H3. The van der Waals surface area contributed by atoms with E-state index in [9.17, 15) is 13.5 Å². The van der Waals surface area contributed by atoms with Gasteiger partial charge in [-0.15, -0.1) is 0 Å². The van der Waals surface area contributed by atoms with Crippen molar-refractivity contribution >= 4 is 27.3 Å². The second-order valence-corrected chi connectivity index (χ2v) is 6.53. The summed E-state index contributed by atoms with van der Waals surface area (Å²) in [7, 11) is -0.977. The number of ether oxygens (including phenoxy) is 1. The second-order valence-electron chi connectivity index (χ2n) is 4.08. The van der Waals surface area contributed by atoms with Crippen LogP contribution in [0, 0.1) is 0 Å². The molecule has 1 unspecified atom stereocenters. The lowest BCUT2D eigenvalue weighted by Gasteiger charge is -2.21. The van der Waals surface area contributed by atoms with E-state index >= 15 is 0 Å². The van der Waals surface area contributed by atoms with Crippen LogP contribution in [0.2, 0.25) is 5.02 Å². The minimum absolute atomic E-state index is 0.0379. The Labute approximate surface area is 117 Å². The molecule has 0 aliphatic carbocycles. The Morgan fingerprint density at radius 1 is 1.53 bits per heavy atom. The highest BCUT2D eigenvalue weighted by molar-refractivity contribution is 7.89. The van der Waals surface area contributed by atoms with E-state index in [1.807, 2.05) is 0 Å². The van der Waals surface area contributed by atoms with Crippen LogP contribution in [0.1, 0.15) is 0 Å². The van der Waals surface area contributed by atoms with E-state index < -0.39 is 16.1 Å². The average Bonchev–Trinajstić information content (AvgIpc) is 2.28. The third-order valence-corrected chi connectivity index (χ3v) is 4.62. The molecule has 0 amide bonds. The summed E-state index contributed by atoms with van der Waals surface area (Å²) in [5, 5.41) is 9.92. The maximum absolute atomic E-state index is 12.3. The number of benzene rings is 1. The minimum atomic E-state index is -3.77. The average molecular weight is 309 g/mol. The highest BCUT2D eigenvalue weighted by Gasteiger charge is 2.25. The number of rotatable bonds is 6. The van der Waals surface area contributed by atoms with Gasteiger partial charge in [0.25, 0.3) is 0 Å². The number of sulfonamides is 1. The molecule has 0 radical (unpaired) electrons. The molecule has 0 bridgehead atoms. The van der Waals surface area contributed by atoms with Crippen LogP contribution in [0.3, 0.4) is 0 Å². The molecule has 6 nitrogen and oxygen atoms in total. The summed E-state index contributed by atoms with van der Waals surface area (Å²) in [6.07, 6.45) is -0.904. The van der Waals surface area contributed by atoms with Gasteiger partial charge in [0.05, 0.1) is 18.4 Å². The number of aliphatic hydroxyl groups is 1. The molecule has 1 atom stereocenters. The zero-order chi connectivity index (χ0) is 14.6. The van der Waals surface area contributed by atoms with E-state index in [-0.39, 0.29) is 23.7 Å². The summed E-state index contributed by atoms with van der Waals surface area (Å²) in [6, 6.07) is 4.16. The highest BCUT2D eigenvalue weighted by Crippen LogP contribution is 2.24. The molecule has 1 aromatic carbocycles. The lowest BCUT2D eigenvalue weighted by molar-refractivity contribution is 0.0554. The lowest BCUT2D eigenvalue weighted by Crippen LogP contribution is -2.36. The summed E-state index contributed by atoms with van der Waals surface area (Å²) in [4.78, 5) is -0.0379. The number of nitrogens with zero attached hydrogens (tertiary/aromatic N) is 1. The molecule has 0 fully saturated rings. The van der Waals surface area contributed by atoms with Crippen LogP contribution in [-0.4, -0.2) is 51.2 Å². The molecule has 0 aliphatic heterocycles. The van der Waals surface area contributed by atoms with Crippen LogP contribution in [-0.2, 0) is 14.8 Å². The van der Waals surface area contributed by atoms with Crippen molar-refractivity contribution in [1.82, 2.24) is 4.31 Å². The van der Waals surface area contributed by atoms with Gasteiger partial charge in [0, 0.05) is 25.7 Å². The molecule has 0 aliphatic rings. The molecule has 1 rings (SSSR count). The van der Waals surface area contributed by atoms with Crippen LogP contribution in [0.25, 0.3) is 0 Å². The predicted molar refractivity (Wildman–Crippen MR) is 73.6 cm³/mol.